The molecule has 27 heavy (non-hydrogen) atoms. The van der Waals surface area contributed by atoms with Crippen molar-refractivity contribution in [2.45, 2.75) is 44.4 Å². The number of nitrogens with zero attached hydrogens (tertiary/aromatic N) is 1. The highest BCUT2D eigenvalue weighted by molar-refractivity contribution is 5.78. The minimum atomic E-state index is -0.784. The fourth-order valence-corrected chi connectivity index (χ4v) is 4.72. The third-order valence-corrected chi connectivity index (χ3v) is 6.09. The van der Waals surface area contributed by atoms with E-state index in [4.69, 9.17) is 0 Å². The standard InChI is InChI=1S/C21H29FN2O3/c1-15-10-16(20(26)27)12-24(11-15)13-19(25)23-14-21(8-2-3-9-21)17-4-6-18(22)7-5-17/h4-7,15-16H,2-3,8-14H2,1H3,(H,23,25)(H,26,27). The number of carboxylic acid groups (broad SMARTS) is 1. The number of carboxylic acids is 1. The van der Waals surface area contributed by atoms with Crippen LogP contribution in [-0.4, -0.2) is 48.1 Å². The van der Waals surface area contributed by atoms with Gasteiger partial charge in [-0.15, -0.1) is 0 Å². The highest BCUT2D eigenvalue weighted by Gasteiger charge is 2.36. The van der Waals surface area contributed by atoms with E-state index >= 15 is 0 Å². The summed E-state index contributed by atoms with van der Waals surface area (Å²) in [4.78, 5) is 25.8. The molecule has 1 aromatic carbocycles. The fraction of sp³-hybridized carbons (Fsp3) is 0.619. The predicted molar refractivity (Wildman–Crippen MR) is 101 cm³/mol. The summed E-state index contributed by atoms with van der Waals surface area (Å²) in [7, 11) is 0. The van der Waals surface area contributed by atoms with Crippen LogP contribution in [0.4, 0.5) is 4.39 Å². The van der Waals surface area contributed by atoms with Gasteiger partial charge in [0.25, 0.3) is 0 Å². The Balaban J connectivity index is 1.58. The number of benzene rings is 1. The van der Waals surface area contributed by atoms with Crippen LogP contribution >= 0.6 is 0 Å². The highest BCUT2D eigenvalue weighted by atomic mass is 19.1. The van der Waals surface area contributed by atoms with E-state index in [0.29, 0.717) is 19.5 Å². The van der Waals surface area contributed by atoms with Gasteiger partial charge in [0.15, 0.2) is 0 Å². The number of rotatable bonds is 6. The molecular weight excluding hydrogens is 347 g/mol. The van der Waals surface area contributed by atoms with Crippen LogP contribution in [0.2, 0.25) is 0 Å². The molecule has 1 saturated heterocycles. The summed E-state index contributed by atoms with van der Waals surface area (Å²) in [5.74, 6) is -1.23. The highest BCUT2D eigenvalue weighted by Crippen LogP contribution is 2.40. The summed E-state index contributed by atoms with van der Waals surface area (Å²) in [6.45, 7) is 3.98. The first-order chi connectivity index (χ1) is 12.9. The first-order valence-electron chi connectivity index (χ1n) is 9.86. The van der Waals surface area contributed by atoms with Crippen molar-refractivity contribution >= 4 is 11.9 Å². The third-order valence-electron chi connectivity index (χ3n) is 6.09. The smallest absolute Gasteiger partial charge is 0.307 e. The second-order valence-electron chi connectivity index (χ2n) is 8.34. The number of amides is 1. The van der Waals surface area contributed by atoms with Crippen LogP contribution in [0.1, 0.15) is 44.6 Å². The minimum Gasteiger partial charge on any atom is -0.481 e. The number of hydrogen-bond donors (Lipinski definition) is 2. The Labute approximate surface area is 159 Å². The lowest BCUT2D eigenvalue weighted by molar-refractivity contribution is -0.145. The summed E-state index contributed by atoms with van der Waals surface area (Å²) < 4.78 is 13.3. The molecule has 148 valence electrons. The molecule has 2 N–H and O–H groups in total. The molecule has 2 atom stereocenters. The zero-order valence-corrected chi connectivity index (χ0v) is 15.9. The summed E-state index contributed by atoms with van der Waals surface area (Å²) in [5.41, 5.74) is 0.960. The van der Waals surface area contributed by atoms with Crippen LogP contribution in [0.15, 0.2) is 24.3 Å². The van der Waals surface area contributed by atoms with Gasteiger partial charge in [0.05, 0.1) is 12.5 Å². The molecule has 0 radical (unpaired) electrons. The maximum Gasteiger partial charge on any atom is 0.307 e. The van der Waals surface area contributed by atoms with E-state index in [2.05, 4.69) is 5.32 Å². The third kappa shape index (κ3) is 4.86. The SMILES string of the molecule is CC1CC(C(=O)O)CN(CC(=O)NCC2(c3ccc(F)cc3)CCCC2)C1. The van der Waals surface area contributed by atoms with E-state index in [1.807, 2.05) is 24.0 Å². The number of carbonyl (C=O) groups excluding carboxylic acids is 1. The molecule has 1 aliphatic carbocycles. The predicted octanol–water partition coefficient (Wildman–Crippen LogP) is 2.80. The topological polar surface area (TPSA) is 69.6 Å². The average Bonchev–Trinajstić information content (AvgIpc) is 3.10. The number of carbonyl (C=O) groups is 2. The fourth-order valence-electron chi connectivity index (χ4n) is 4.72. The molecule has 1 heterocycles. The van der Waals surface area contributed by atoms with Crippen molar-refractivity contribution in [1.82, 2.24) is 10.2 Å². The Hall–Kier alpha value is -1.95. The molecule has 0 bridgehead atoms. The molecule has 2 fully saturated rings. The Morgan fingerprint density at radius 2 is 1.89 bits per heavy atom. The number of halogens is 1. The second-order valence-corrected chi connectivity index (χ2v) is 8.34. The van der Waals surface area contributed by atoms with Crippen LogP contribution in [-0.2, 0) is 15.0 Å². The van der Waals surface area contributed by atoms with Crippen molar-refractivity contribution < 1.29 is 19.1 Å². The quantitative estimate of drug-likeness (QED) is 0.801. The van der Waals surface area contributed by atoms with E-state index in [1.54, 1.807) is 0 Å². The summed E-state index contributed by atoms with van der Waals surface area (Å²) >= 11 is 0. The van der Waals surface area contributed by atoms with Crippen LogP contribution < -0.4 is 5.32 Å². The molecule has 2 unspecified atom stereocenters. The zero-order chi connectivity index (χ0) is 19.4. The van der Waals surface area contributed by atoms with Gasteiger partial charge in [-0.1, -0.05) is 31.9 Å². The molecular formula is C21H29FN2O3. The lowest BCUT2D eigenvalue weighted by Crippen LogP contribution is -2.48. The van der Waals surface area contributed by atoms with E-state index in [1.165, 1.54) is 12.1 Å². The molecule has 1 aliphatic heterocycles. The molecule has 1 amide bonds. The number of likely N-dealkylation sites (tertiary alicyclic amines) is 1. The van der Waals surface area contributed by atoms with Gasteiger partial charge in [-0.2, -0.15) is 0 Å². The van der Waals surface area contributed by atoms with Crippen LogP contribution in [0.5, 0.6) is 0 Å². The Morgan fingerprint density at radius 1 is 1.22 bits per heavy atom. The van der Waals surface area contributed by atoms with Crippen LogP contribution in [0, 0.1) is 17.7 Å². The van der Waals surface area contributed by atoms with Crippen molar-refractivity contribution in [3.63, 3.8) is 0 Å². The van der Waals surface area contributed by atoms with Crippen LogP contribution in [0.3, 0.4) is 0 Å². The average molecular weight is 376 g/mol. The van der Waals surface area contributed by atoms with Gasteiger partial charge in [-0.25, -0.2) is 4.39 Å². The van der Waals surface area contributed by atoms with E-state index in [0.717, 1.165) is 37.8 Å². The van der Waals surface area contributed by atoms with Crippen molar-refractivity contribution in [2.75, 3.05) is 26.2 Å². The molecule has 3 rings (SSSR count). The van der Waals surface area contributed by atoms with Gasteiger partial charge in [0.2, 0.25) is 5.91 Å². The Morgan fingerprint density at radius 3 is 2.52 bits per heavy atom. The van der Waals surface area contributed by atoms with Gasteiger partial charge in [0, 0.05) is 25.0 Å². The lowest BCUT2D eigenvalue weighted by atomic mass is 9.79. The summed E-state index contributed by atoms with van der Waals surface area (Å²) in [6.07, 6.45) is 4.86. The maximum absolute atomic E-state index is 13.3. The zero-order valence-electron chi connectivity index (χ0n) is 15.9. The van der Waals surface area contributed by atoms with Crippen molar-refractivity contribution in [2.24, 2.45) is 11.8 Å². The molecule has 6 heteroatoms. The molecule has 2 aliphatic rings. The molecule has 0 aromatic heterocycles. The van der Waals surface area contributed by atoms with Crippen LogP contribution in [0.25, 0.3) is 0 Å². The van der Waals surface area contributed by atoms with Crippen molar-refractivity contribution in [3.8, 4) is 0 Å². The molecule has 1 aromatic rings. The lowest BCUT2D eigenvalue weighted by Gasteiger charge is -2.35. The first kappa shape index (κ1) is 19.8. The number of piperidine rings is 1. The number of nitrogens with one attached hydrogen (secondary N) is 1. The Bertz CT molecular complexity index is 671. The number of aliphatic carboxylic acids is 1. The summed E-state index contributed by atoms with van der Waals surface area (Å²) in [6, 6.07) is 6.63. The van der Waals surface area contributed by atoms with Crippen molar-refractivity contribution in [3.05, 3.63) is 35.6 Å². The summed E-state index contributed by atoms with van der Waals surface area (Å²) in [5, 5.41) is 12.3. The first-order valence-corrected chi connectivity index (χ1v) is 9.86. The Kier molecular flexibility index (Phi) is 6.15. The normalized spacial score (nSPS) is 25.3. The van der Waals surface area contributed by atoms with Gasteiger partial charge in [-0.3, -0.25) is 14.5 Å². The van der Waals surface area contributed by atoms with E-state index in [-0.39, 0.29) is 29.6 Å². The van der Waals surface area contributed by atoms with E-state index < -0.39 is 11.9 Å². The minimum absolute atomic E-state index is 0.0679. The van der Waals surface area contributed by atoms with Gasteiger partial charge in [-0.05, 0) is 42.9 Å². The monoisotopic (exact) mass is 376 g/mol. The van der Waals surface area contributed by atoms with Gasteiger partial charge < -0.3 is 10.4 Å². The largest absolute Gasteiger partial charge is 0.481 e. The molecule has 1 saturated carbocycles. The number of hydrogen-bond acceptors (Lipinski definition) is 3. The maximum atomic E-state index is 13.3. The van der Waals surface area contributed by atoms with Gasteiger partial charge in [0.1, 0.15) is 5.82 Å². The second kappa shape index (κ2) is 8.38. The molecule has 5 nitrogen and oxygen atoms in total. The van der Waals surface area contributed by atoms with E-state index in [9.17, 15) is 19.1 Å². The van der Waals surface area contributed by atoms with Gasteiger partial charge >= 0.3 is 5.97 Å². The molecule has 0 spiro atoms. The van der Waals surface area contributed by atoms with Crippen molar-refractivity contribution in [1.29, 1.82) is 0 Å².